The van der Waals surface area contributed by atoms with Gasteiger partial charge in [-0.1, -0.05) is 24.3 Å². The van der Waals surface area contributed by atoms with Crippen LogP contribution in [0, 0.1) is 0 Å². The topological polar surface area (TPSA) is 102 Å². The molecular weight excluding hydrogens is 372 g/mol. The van der Waals surface area contributed by atoms with E-state index in [0.717, 1.165) is 11.3 Å². The second-order valence-corrected chi connectivity index (χ2v) is 7.25. The predicted octanol–water partition coefficient (Wildman–Crippen LogP) is 1.50. The third-order valence-electron chi connectivity index (χ3n) is 3.65. The van der Waals surface area contributed by atoms with Crippen molar-refractivity contribution in [2.24, 2.45) is 0 Å². The molecule has 0 aliphatic carbocycles. The molecule has 27 heavy (non-hydrogen) atoms. The van der Waals surface area contributed by atoms with E-state index >= 15 is 0 Å². The van der Waals surface area contributed by atoms with Gasteiger partial charge in [0.25, 0.3) is 11.8 Å². The van der Waals surface area contributed by atoms with Gasteiger partial charge in [-0.2, -0.15) is 8.42 Å². The van der Waals surface area contributed by atoms with E-state index in [1.54, 1.807) is 30.3 Å². The zero-order chi connectivity index (χ0) is 19.6. The van der Waals surface area contributed by atoms with E-state index in [4.69, 9.17) is 8.92 Å². The molecule has 2 aromatic carbocycles. The molecule has 0 atom stereocenters. The molecule has 140 valence electrons. The zero-order valence-corrected chi connectivity index (χ0v) is 15.3. The summed E-state index contributed by atoms with van der Waals surface area (Å²) in [7, 11) is -2.37. The predicted molar refractivity (Wildman–Crippen MR) is 98.5 cm³/mol. The maximum absolute atomic E-state index is 12.6. The lowest BCUT2D eigenvalue weighted by Crippen LogP contribution is -2.35. The summed E-state index contributed by atoms with van der Waals surface area (Å²) in [6.45, 7) is 0. The maximum atomic E-state index is 12.6. The van der Waals surface area contributed by atoms with Gasteiger partial charge in [0.2, 0.25) is 0 Å². The van der Waals surface area contributed by atoms with Gasteiger partial charge in [0.15, 0.2) is 11.5 Å². The Bertz CT molecular complexity index is 1030. The van der Waals surface area contributed by atoms with E-state index in [-0.39, 0.29) is 17.1 Å². The Morgan fingerprint density at radius 3 is 2.37 bits per heavy atom. The van der Waals surface area contributed by atoms with E-state index in [1.807, 2.05) is 0 Å². The summed E-state index contributed by atoms with van der Waals surface area (Å²) in [6.07, 6.45) is 2.31. The molecule has 3 rings (SSSR count). The lowest BCUT2D eigenvalue weighted by molar-refractivity contribution is -0.117. The molecule has 0 bridgehead atoms. The third-order valence-corrected chi connectivity index (χ3v) is 4.13. The number of hydrazine groups is 1. The number of nitrogens with one attached hydrogen (secondary N) is 1. The van der Waals surface area contributed by atoms with Crippen molar-refractivity contribution in [1.29, 1.82) is 0 Å². The number of para-hydroxylation sites is 1. The SMILES string of the molecule is COc1cc(/C=C2\C(=O)NN(c3ccccc3)C2=O)ccc1OS(C)(=O)=O. The van der Waals surface area contributed by atoms with Crippen LogP contribution in [0.2, 0.25) is 0 Å². The number of amides is 2. The fourth-order valence-corrected chi connectivity index (χ4v) is 2.95. The first-order chi connectivity index (χ1) is 12.8. The number of ether oxygens (including phenoxy) is 1. The highest BCUT2D eigenvalue weighted by Crippen LogP contribution is 2.30. The molecule has 1 aliphatic heterocycles. The van der Waals surface area contributed by atoms with Crippen molar-refractivity contribution in [2.75, 3.05) is 18.4 Å². The van der Waals surface area contributed by atoms with E-state index in [0.29, 0.717) is 11.3 Å². The summed E-state index contributed by atoms with van der Waals surface area (Å²) in [4.78, 5) is 24.8. The molecule has 1 heterocycles. The number of carbonyl (C=O) groups is 2. The molecule has 2 amide bonds. The first-order valence-electron chi connectivity index (χ1n) is 7.78. The second kappa shape index (κ2) is 7.12. The molecule has 0 unspecified atom stereocenters. The van der Waals surface area contributed by atoms with Crippen molar-refractivity contribution in [1.82, 2.24) is 5.43 Å². The highest BCUT2D eigenvalue weighted by molar-refractivity contribution is 7.86. The summed E-state index contributed by atoms with van der Waals surface area (Å²) in [5, 5.41) is 1.16. The van der Waals surface area contributed by atoms with Crippen LogP contribution < -0.4 is 19.4 Å². The molecule has 1 saturated heterocycles. The number of benzene rings is 2. The van der Waals surface area contributed by atoms with Gasteiger partial charge in [0, 0.05) is 0 Å². The molecule has 1 aliphatic rings. The van der Waals surface area contributed by atoms with Crippen LogP contribution in [0.5, 0.6) is 11.5 Å². The van der Waals surface area contributed by atoms with Gasteiger partial charge in [-0.15, -0.1) is 0 Å². The summed E-state index contributed by atoms with van der Waals surface area (Å²) < 4.78 is 32.6. The number of nitrogens with zero attached hydrogens (tertiary/aromatic N) is 1. The second-order valence-electron chi connectivity index (χ2n) is 5.67. The number of anilines is 1. The van der Waals surface area contributed by atoms with Crippen molar-refractivity contribution >= 4 is 33.7 Å². The lowest BCUT2D eigenvalue weighted by atomic mass is 10.1. The van der Waals surface area contributed by atoms with Crippen molar-refractivity contribution in [3.8, 4) is 11.5 Å². The van der Waals surface area contributed by atoms with Crippen molar-refractivity contribution in [3.63, 3.8) is 0 Å². The fourth-order valence-electron chi connectivity index (χ4n) is 2.49. The van der Waals surface area contributed by atoms with Crippen LogP contribution in [0.25, 0.3) is 6.08 Å². The van der Waals surface area contributed by atoms with Crippen molar-refractivity contribution < 1.29 is 26.9 Å². The zero-order valence-electron chi connectivity index (χ0n) is 14.5. The van der Waals surface area contributed by atoms with E-state index < -0.39 is 21.9 Å². The van der Waals surface area contributed by atoms with Gasteiger partial charge in [-0.25, -0.2) is 5.01 Å². The maximum Gasteiger partial charge on any atom is 0.306 e. The van der Waals surface area contributed by atoms with E-state index in [9.17, 15) is 18.0 Å². The summed E-state index contributed by atoms with van der Waals surface area (Å²) in [5.74, 6) is -0.878. The van der Waals surface area contributed by atoms with E-state index in [2.05, 4.69) is 5.43 Å². The molecule has 0 saturated carbocycles. The largest absolute Gasteiger partial charge is 0.493 e. The molecule has 2 aromatic rings. The Hall–Kier alpha value is -3.33. The molecule has 0 aromatic heterocycles. The number of hydrogen-bond acceptors (Lipinski definition) is 6. The van der Waals surface area contributed by atoms with Gasteiger partial charge in [-0.05, 0) is 35.9 Å². The number of methoxy groups -OCH3 is 1. The molecule has 1 N–H and O–H groups in total. The van der Waals surface area contributed by atoms with Crippen LogP contribution in [0.3, 0.4) is 0 Å². The van der Waals surface area contributed by atoms with Gasteiger partial charge >= 0.3 is 10.1 Å². The summed E-state index contributed by atoms with van der Waals surface area (Å²) >= 11 is 0. The van der Waals surface area contributed by atoms with Crippen LogP contribution in [0.1, 0.15) is 5.56 Å². The van der Waals surface area contributed by atoms with Crippen LogP contribution in [-0.4, -0.2) is 33.6 Å². The Balaban J connectivity index is 1.92. The van der Waals surface area contributed by atoms with Crippen LogP contribution in [0.15, 0.2) is 54.1 Å². The molecule has 0 spiro atoms. The highest BCUT2D eigenvalue weighted by atomic mass is 32.2. The Labute approximate surface area is 156 Å². The van der Waals surface area contributed by atoms with Gasteiger partial charge in [0.05, 0.1) is 19.1 Å². The minimum atomic E-state index is -3.72. The van der Waals surface area contributed by atoms with Gasteiger partial charge in [0.1, 0.15) is 5.57 Å². The Morgan fingerprint density at radius 1 is 1.04 bits per heavy atom. The Morgan fingerprint density at radius 2 is 1.74 bits per heavy atom. The van der Waals surface area contributed by atoms with Crippen LogP contribution in [0.4, 0.5) is 5.69 Å². The number of carbonyl (C=O) groups excluding carboxylic acids is 2. The quantitative estimate of drug-likeness (QED) is 0.473. The molecule has 1 fully saturated rings. The normalized spacial score (nSPS) is 15.8. The molecule has 8 nitrogen and oxygen atoms in total. The van der Waals surface area contributed by atoms with Gasteiger partial charge < -0.3 is 8.92 Å². The van der Waals surface area contributed by atoms with Gasteiger partial charge in [-0.3, -0.25) is 15.0 Å². The van der Waals surface area contributed by atoms with Crippen LogP contribution >= 0.6 is 0 Å². The fraction of sp³-hybridized carbons (Fsp3) is 0.111. The third kappa shape index (κ3) is 4.09. The average molecular weight is 388 g/mol. The first-order valence-corrected chi connectivity index (χ1v) is 9.60. The number of hydrogen-bond donors (Lipinski definition) is 1. The molecule has 0 radical (unpaired) electrons. The lowest BCUT2D eigenvalue weighted by Gasteiger charge is -2.13. The average Bonchev–Trinajstić information content (AvgIpc) is 2.90. The van der Waals surface area contributed by atoms with Crippen LogP contribution in [-0.2, 0) is 19.7 Å². The summed E-state index contributed by atoms with van der Waals surface area (Å²) in [5.41, 5.74) is 3.45. The minimum absolute atomic E-state index is 0.00950. The first kappa shape index (κ1) is 18.5. The van der Waals surface area contributed by atoms with Crippen molar-refractivity contribution in [2.45, 2.75) is 0 Å². The van der Waals surface area contributed by atoms with Crippen molar-refractivity contribution in [3.05, 3.63) is 59.7 Å². The smallest absolute Gasteiger partial charge is 0.306 e. The highest BCUT2D eigenvalue weighted by Gasteiger charge is 2.34. The standard InChI is InChI=1S/C18H16N2O6S/c1-25-16-11-12(8-9-15(16)26-27(2,23)24)10-14-17(21)19-20(18(14)22)13-6-4-3-5-7-13/h3-11H,1-2H3,(H,19,21)/b14-10+. The monoisotopic (exact) mass is 388 g/mol. The van der Waals surface area contributed by atoms with E-state index in [1.165, 1.54) is 31.4 Å². The minimum Gasteiger partial charge on any atom is -0.493 e. The summed E-state index contributed by atoms with van der Waals surface area (Å²) in [6, 6.07) is 13.1. The molecular formula is C18H16N2O6S. The molecule has 9 heteroatoms. The Kier molecular flexibility index (Phi) is 4.87. The number of rotatable bonds is 5.